The Kier molecular flexibility index (Phi) is 6.13. The van der Waals surface area contributed by atoms with Gasteiger partial charge in [-0.2, -0.15) is 0 Å². The molecular formula is C17H24Cl2N2O. The second-order valence-corrected chi connectivity index (χ2v) is 6.74. The molecule has 0 bridgehead atoms. The van der Waals surface area contributed by atoms with Crippen LogP contribution < -0.4 is 5.73 Å². The topological polar surface area (TPSA) is 46.3 Å². The van der Waals surface area contributed by atoms with Gasteiger partial charge < -0.3 is 10.6 Å². The summed E-state index contributed by atoms with van der Waals surface area (Å²) in [7, 11) is 0. The number of carbonyl (C=O) groups excluding carboxylic acids is 1. The van der Waals surface area contributed by atoms with Crippen molar-refractivity contribution in [1.29, 1.82) is 0 Å². The lowest BCUT2D eigenvalue weighted by atomic mass is 9.85. The van der Waals surface area contributed by atoms with Gasteiger partial charge in [-0.25, -0.2) is 0 Å². The lowest BCUT2D eigenvalue weighted by Crippen LogP contribution is -2.40. The zero-order valence-electron chi connectivity index (χ0n) is 12.7. The fourth-order valence-electron chi connectivity index (χ4n) is 3.79. The van der Waals surface area contributed by atoms with E-state index in [0.29, 0.717) is 0 Å². The molecule has 2 N–H and O–H groups in total. The van der Waals surface area contributed by atoms with Crippen molar-refractivity contribution in [1.82, 2.24) is 4.90 Å². The number of likely N-dealkylation sites (tertiary alicyclic amines) is 1. The Labute approximate surface area is 143 Å². The highest BCUT2D eigenvalue weighted by molar-refractivity contribution is 6.31. The zero-order chi connectivity index (χ0) is 14.8. The number of rotatable bonds is 2. The Balaban J connectivity index is 0.00000176. The Hall–Kier alpha value is -0.770. The minimum absolute atomic E-state index is 0. The first kappa shape index (κ1) is 17.6. The number of carbonyl (C=O) groups is 1. The molecule has 1 heterocycles. The number of hydrogen-bond acceptors (Lipinski definition) is 2. The predicted octanol–water partition coefficient (Wildman–Crippen LogP) is 3.94. The van der Waals surface area contributed by atoms with Gasteiger partial charge >= 0.3 is 0 Å². The molecule has 0 aromatic heterocycles. The molecule has 2 aliphatic rings. The molecule has 2 fully saturated rings. The van der Waals surface area contributed by atoms with Crippen molar-refractivity contribution in [3.8, 4) is 0 Å². The van der Waals surface area contributed by atoms with E-state index in [2.05, 4.69) is 0 Å². The van der Waals surface area contributed by atoms with E-state index in [0.717, 1.165) is 55.7 Å². The molecule has 1 saturated carbocycles. The van der Waals surface area contributed by atoms with E-state index in [9.17, 15) is 4.79 Å². The van der Waals surface area contributed by atoms with Crippen molar-refractivity contribution in [3.63, 3.8) is 0 Å². The van der Waals surface area contributed by atoms with Crippen LogP contribution in [0.15, 0.2) is 24.3 Å². The van der Waals surface area contributed by atoms with Crippen molar-refractivity contribution in [2.24, 2.45) is 11.7 Å². The number of nitrogens with two attached hydrogens (primary N) is 1. The lowest BCUT2D eigenvalue weighted by molar-refractivity contribution is -0.137. The molecule has 1 aromatic rings. The van der Waals surface area contributed by atoms with Crippen molar-refractivity contribution in [2.45, 2.75) is 50.6 Å². The monoisotopic (exact) mass is 342 g/mol. The highest BCUT2D eigenvalue weighted by Crippen LogP contribution is 2.38. The molecule has 5 heteroatoms. The van der Waals surface area contributed by atoms with E-state index >= 15 is 0 Å². The highest BCUT2D eigenvalue weighted by Gasteiger charge is 2.36. The van der Waals surface area contributed by atoms with Crippen molar-refractivity contribution in [2.75, 3.05) is 6.54 Å². The van der Waals surface area contributed by atoms with Crippen molar-refractivity contribution >= 4 is 29.9 Å². The summed E-state index contributed by atoms with van der Waals surface area (Å²) in [6.07, 6.45) is 6.01. The predicted molar refractivity (Wildman–Crippen MR) is 92.3 cm³/mol. The molecule has 1 saturated heterocycles. The molecule has 3 atom stereocenters. The molecule has 1 amide bonds. The van der Waals surface area contributed by atoms with E-state index in [4.69, 9.17) is 17.3 Å². The molecular weight excluding hydrogens is 319 g/mol. The van der Waals surface area contributed by atoms with E-state index in [-0.39, 0.29) is 36.3 Å². The summed E-state index contributed by atoms with van der Waals surface area (Å²) in [6.45, 7) is 0.848. The van der Waals surface area contributed by atoms with Crippen LogP contribution in [0.1, 0.15) is 50.1 Å². The van der Waals surface area contributed by atoms with Gasteiger partial charge in [-0.05, 0) is 43.7 Å². The van der Waals surface area contributed by atoms with Gasteiger partial charge in [0.1, 0.15) is 0 Å². The smallest absolute Gasteiger partial charge is 0.226 e. The molecule has 3 unspecified atom stereocenters. The number of hydrogen-bond donors (Lipinski definition) is 1. The largest absolute Gasteiger partial charge is 0.335 e. The van der Waals surface area contributed by atoms with E-state index in [1.807, 2.05) is 29.2 Å². The van der Waals surface area contributed by atoms with Gasteiger partial charge in [-0.15, -0.1) is 12.4 Å². The minimum Gasteiger partial charge on any atom is -0.335 e. The Morgan fingerprint density at radius 2 is 1.95 bits per heavy atom. The van der Waals surface area contributed by atoms with Crippen LogP contribution in [0.4, 0.5) is 0 Å². The third-order valence-electron chi connectivity index (χ3n) is 4.86. The van der Waals surface area contributed by atoms with Gasteiger partial charge in [0.15, 0.2) is 0 Å². The van der Waals surface area contributed by atoms with Crippen LogP contribution in [-0.2, 0) is 4.79 Å². The molecule has 0 radical (unpaired) electrons. The fourth-order valence-corrected chi connectivity index (χ4v) is 4.05. The summed E-state index contributed by atoms with van der Waals surface area (Å²) < 4.78 is 0. The first-order valence-corrected chi connectivity index (χ1v) is 8.35. The van der Waals surface area contributed by atoms with Crippen LogP contribution in [0.5, 0.6) is 0 Å². The summed E-state index contributed by atoms with van der Waals surface area (Å²) in [6, 6.07) is 8.23. The standard InChI is InChI=1S/C17H23ClN2O.ClH/c18-15-8-2-1-7-14(15)16-9-4-10-20(16)17(21)12-5-3-6-13(19)11-12;/h1-2,7-8,12-13,16H,3-6,9-11,19H2;1H. The highest BCUT2D eigenvalue weighted by atomic mass is 35.5. The van der Waals surface area contributed by atoms with Gasteiger partial charge in [0.25, 0.3) is 0 Å². The summed E-state index contributed by atoms with van der Waals surface area (Å²) in [5, 5.41) is 0.766. The minimum atomic E-state index is 0. The maximum Gasteiger partial charge on any atom is 0.226 e. The van der Waals surface area contributed by atoms with Crippen molar-refractivity contribution in [3.05, 3.63) is 34.9 Å². The second-order valence-electron chi connectivity index (χ2n) is 6.33. The van der Waals surface area contributed by atoms with Gasteiger partial charge in [-0.1, -0.05) is 36.2 Å². The van der Waals surface area contributed by atoms with E-state index in [1.54, 1.807) is 0 Å². The SMILES string of the molecule is Cl.NC1CCCC(C(=O)N2CCCC2c2ccccc2Cl)C1. The third-order valence-corrected chi connectivity index (χ3v) is 5.21. The average molecular weight is 343 g/mol. The Morgan fingerprint density at radius 1 is 1.18 bits per heavy atom. The number of nitrogens with zero attached hydrogens (tertiary/aromatic N) is 1. The maximum absolute atomic E-state index is 12.9. The fraction of sp³-hybridized carbons (Fsp3) is 0.588. The summed E-state index contributed by atoms with van der Waals surface area (Å²) in [4.78, 5) is 14.9. The lowest BCUT2D eigenvalue weighted by Gasteiger charge is -2.33. The Morgan fingerprint density at radius 3 is 2.68 bits per heavy atom. The van der Waals surface area contributed by atoms with E-state index < -0.39 is 0 Å². The normalized spacial score (nSPS) is 28.3. The van der Waals surface area contributed by atoms with Gasteiger partial charge in [-0.3, -0.25) is 4.79 Å². The quantitative estimate of drug-likeness (QED) is 0.884. The van der Waals surface area contributed by atoms with Crippen LogP contribution in [0.25, 0.3) is 0 Å². The summed E-state index contributed by atoms with van der Waals surface area (Å²) in [5.74, 6) is 0.393. The van der Waals surface area contributed by atoms with Crippen LogP contribution in [-0.4, -0.2) is 23.4 Å². The molecule has 122 valence electrons. The van der Waals surface area contributed by atoms with Crippen molar-refractivity contribution < 1.29 is 4.79 Å². The first-order chi connectivity index (χ1) is 10.2. The van der Waals surface area contributed by atoms with Crippen LogP contribution in [0, 0.1) is 5.92 Å². The van der Waals surface area contributed by atoms with Crippen LogP contribution in [0.2, 0.25) is 5.02 Å². The van der Waals surface area contributed by atoms with Gasteiger partial charge in [0.2, 0.25) is 5.91 Å². The van der Waals surface area contributed by atoms with Crippen LogP contribution in [0.3, 0.4) is 0 Å². The number of benzene rings is 1. The van der Waals surface area contributed by atoms with Gasteiger partial charge in [0, 0.05) is 23.5 Å². The molecule has 0 spiro atoms. The second kappa shape index (κ2) is 7.67. The summed E-state index contributed by atoms with van der Waals surface area (Å²) in [5.41, 5.74) is 7.13. The molecule has 1 aliphatic heterocycles. The number of amides is 1. The molecule has 3 nitrogen and oxygen atoms in total. The van der Waals surface area contributed by atoms with Crippen LogP contribution >= 0.6 is 24.0 Å². The zero-order valence-corrected chi connectivity index (χ0v) is 14.3. The average Bonchev–Trinajstić information content (AvgIpc) is 2.96. The molecule has 1 aliphatic carbocycles. The third kappa shape index (κ3) is 3.58. The molecule has 22 heavy (non-hydrogen) atoms. The first-order valence-electron chi connectivity index (χ1n) is 7.97. The number of halogens is 2. The maximum atomic E-state index is 12.9. The summed E-state index contributed by atoms with van der Waals surface area (Å²) >= 11 is 6.33. The molecule has 3 rings (SSSR count). The molecule has 1 aromatic carbocycles. The van der Waals surface area contributed by atoms with E-state index in [1.165, 1.54) is 0 Å². The Bertz CT molecular complexity index is 523. The van der Waals surface area contributed by atoms with Gasteiger partial charge in [0.05, 0.1) is 6.04 Å².